The minimum atomic E-state index is -0.485. The Morgan fingerprint density at radius 3 is 2.67 bits per heavy atom. The first kappa shape index (κ1) is 15.0. The van der Waals surface area contributed by atoms with E-state index in [1.54, 1.807) is 0 Å². The lowest BCUT2D eigenvalue weighted by molar-refractivity contribution is -0.387. The second-order valence-corrected chi connectivity index (χ2v) is 6.38. The zero-order valence-electron chi connectivity index (χ0n) is 11.7. The molecule has 8 heteroatoms. The van der Waals surface area contributed by atoms with Gasteiger partial charge >= 0.3 is 0 Å². The Hall–Kier alpha value is -2.40. The lowest BCUT2D eigenvalue weighted by Gasteiger charge is -2.12. The predicted octanol–water partition coefficient (Wildman–Crippen LogP) is 3.03. The van der Waals surface area contributed by atoms with E-state index in [0.717, 1.165) is 11.8 Å². The molecule has 0 aliphatic rings. The summed E-state index contributed by atoms with van der Waals surface area (Å²) in [6, 6.07) is 6.17. The van der Waals surface area contributed by atoms with Gasteiger partial charge in [-0.05, 0) is 23.9 Å². The van der Waals surface area contributed by atoms with Crippen LogP contribution in [-0.2, 0) is 5.41 Å². The number of nitriles is 1. The molecule has 0 aliphatic heterocycles. The van der Waals surface area contributed by atoms with Crippen molar-refractivity contribution in [3.63, 3.8) is 0 Å². The van der Waals surface area contributed by atoms with Crippen LogP contribution in [0.4, 0.5) is 5.69 Å². The number of nitrogens with one attached hydrogen (secondary N) is 1. The quantitative estimate of drug-likeness (QED) is 0.689. The van der Waals surface area contributed by atoms with Gasteiger partial charge in [-0.25, -0.2) is 4.98 Å². The molecule has 1 N–H and O–H groups in total. The van der Waals surface area contributed by atoms with E-state index in [2.05, 4.69) is 15.2 Å². The lowest BCUT2D eigenvalue weighted by atomic mass is 9.96. The minimum absolute atomic E-state index is 0.0684. The van der Waals surface area contributed by atoms with Gasteiger partial charge in [0.1, 0.15) is 5.82 Å². The molecule has 1 heterocycles. The fourth-order valence-electron chi connectivity index (χ4n) is 1.54. The molecule has 0 saturated carbocycles. The summed E-state index contributed by atoms with van der Waals surface area (Å²) in [6.07, 6.45) is 0. The molecule has 21 heavy (non-hydrogen) atoms. The standard InChI is InChI=1S/C13H13N5O2S/c1-13(2,3)11-15-12(17-16-11)21-10-6-8(7-14)4-5-9(10)18(19)20/h4-6H,1-3H3,(H,15,16,17). The number of hydrogen-bond donors (Lipinski definition) is 1. The molecule has 0 saturated heterocycles. The van der Waals surface area contributed by atoms with Crippen LogP contribution in [0.3, 0.4) is 0 Å². The van der Waals surface area contributed by atoms with E-state index in [-0.39, 0.29) is 11.1 Å². The highest BCUT2D eigenvalue weighted by Gasteiger charge is 2.21. The molecule has 7 nitrogen and oxygen atoms in total. The average Bonchev–Trinajstić information content (AvgIpc) is 2.86. The van der Waals surface area contributed by atoms with Gasteiger partial charge in [-0.1, -0.05) is 20.8 Å². The lowest BCUT2D eigenvalue weighted by Crippen LogP contribution is -2.13. The number of H-pyrrole nitrogens is 1. The van der Waals surface area contributed by atoms with Crippen LogP contribution in [0.2, 0.25) is 0 Å². The van der Waals surface area contributed by atoms with E-state index in [1.807, 2.05) is 26.8 Å². The first-order chi connectivity index (χ1) is 9.81. The molecule has 108 valence electrons. The van der Waals surface area contributed by atoms with Crippen LogP contribution < -0.4 is 0 Å². The van der Waals surface area contributed by atoms with E-state index in [4.69, 9.17) is 5.26 Å². The molecular formula is C13H13N5O2S. The SMILES string of the molecule is CC(C)(C)c1nc(Sc2cc(C#N)ccc2[N+](=O)[O-])n[nH]1. The first-order valence-electron chi connectivity index (χ1n) is 6.10. The third-order valence-electron chi connectivity index (χ3n) is 2.66. The summed E-state index contributed by atoms with van der Waals surface area (Å²) >= 11 is 1.06. The Labute approximate surface area is 125 Å². The Bertz CT molecular complexity index is 727. The van der Waals surface area contributed by atoms with E-state index >= 15 is 0 Å². The van der Waals surface area contributed by atoms with Gasteiger partial charge in [0.2, 0.25) is 5.16 Å². The van der Waals surface area contributed by atoms with Crippen molar-refractivity contribution in [2.75, 3.05) is 0 Å². The van der Waals surface area contributed by atoms with E-state index in [0.29, 0.717) is 21.4 Å². The molecule has 0 unspecified atom stereocenters. The first-order valence-corrected chi connectivity index (χ1v) is 6.92. The topological polar surface area (TPSA) is 108 Å². The molecule has 0 aliphatic carbocycles. The highest BCUT2D eigenvalue weighted by molar-refractivity contribution is 7.99. The number of benzene rings is 1. The summed E-state index contributed by atoms with van der Waals surface area (Å²) in [5, 5.41) is 27.2. The summed E-state index contributed by atoms with van der Waals surface area (Å²) in [5.41, 5.74) is 0.0995. The van der Waals surface area contributed by atoms with Crippen LogP contribution in [0.5, 0.6) is 0 Å². The van der Waals surface area contributed by atoms with E-state index in [1.165, 1.54) is 18.2 Å². The molecular weight excluding hydrogens is 290 g/mol. The third-order valence-corrected chi connectivity index (χ3v) is 3.57. The number of rotatable bonds is 3. The number of nitro benzene ring substituents is 1. The monoisotopic (exact) mass is 303 g/mol. The van der Waals surface area contributed by atoms with Crippen LogP contribution in [0.15, 0.2) is 28.3 Å². The second kappa shape index (κ2) is 5.54. The Balaban J connectivity index is 2.37. The van der Waals surface area contributed by atoms with Crippen molar-refractivity contribution in [2.45, 2.75) is 36.2 Å². The summed E-state index contributed by atoms with van der Waals surface area (Å²) in [7, 11) is 0. The Morgan fingerprint density at radius 1 is 1.43 bits per heavy atom. The van der Waals surface area contributed by atoms with Gasteiger partial charge in [0.05, 0.1) is 21.5 Å². The van der Waals surface area contributed by atoms with Crippen LogP contribution in [-0.4, -0.2) is 20.1 Å². The van der Waals surface area contributed by atoms with Crippen LogP contribution in [0.1, 0.15) is 32.2 Å². The molecule has 1 aromatic carbocycles. The molecule has 2 aromatic rings. The number of nitro groups is 1. The highest BCUT2D eigenvalue weighted by Crippen LogP contribution is 2.34. The van der Waals surface area contributed by atoms with Crippen molar-refractivity contribution in [2.24, 2.45) is 0 Å². The fourth-order valence-corrected chi connectivity index (χ4v) is 2.40. The van der Waals surface area contributed by atoms with Crippen molar-refractivity contribution in [3.05, 3.63) is 39.7 Å². The molecule has 0 spiro atoms. The third kappa shape index (κ3) is 3.38. The highest BCUT2D eigenvalue weighted by atomic mass is 32.2. The maximum atomic E-state index is 11.0. The molecule has 1 aromatic heterocycles. The molecule has 0 amide bonds. The van der Waals surface area contributed by atoms with Crippen molar-refractivity contribution in [3.8, 4) is 6.07 Å². The maximum Gasteiger partial charge on any atom is 0.283 e. The zero-order chi connectivity index (χ0) is 15.6. The van der Waals surface area contributed by atoms with Gasteiger partial charge in [0.15, 0.2) is 0 Å². The fraction of sp³-hybridized carbons (Fsp3) is 0.308. The molecule has 0 bridgehead atoms. The summed E-state index contributed by atoms with van der Waals surface area (Å²) in [6.45, 7) is 5.96. The predicted molar refractivity (Wildman–Crippen MR) is 77.0 cm³/mol. The summed E-state index contributed by atoms with van der Waals surface area (Å²) in [4.78, 5) is 15.2. The molecule has 0 radical (unpaired) electrons. The van der Waals surface area contributed by atoms with Gasteiger partial charge in [-0.15, -0.1) is 5.10 Å². The molecule has 0 atom stereocenters. The van der Waals surface area contributed by atoms with Gasteiger partial charge in [-0.3, -0.25) is 15.2 Å². The Morgan fingerprint density at radius 2 is 2.14 bits per heavy atom. The molecule has 0 fully saturated rings. The number of hydrogen-bond acceptors (Lipinski definition) is 6. The van der Waals surface area contributed by atoms with E-state index < -0.39 is 4.92 Å². The van der Waals surface area contributed by atoms with Gasteiger partial charge in [-0.2, -0.15) is 5.26 Å². The van der Waals surface area contributed by atoms with Gasteiger partial charge in [0.25, 0.3) is 5.69 Å². The van der Waals surface area contributed by atoms with Crippen molar-refractivity contribution in [1.29, 1.82) is 5.26 Å². The average molecular weight is 303 g/mol. The maximum absolute atomic E-state index is 11.0. The largest absolute Gasteiger partial charge is 0.283 e. The van der Waals surface area contributed by atoms with Gasteiger partial charge < -0.3 is 0 Å². The van der Waals surface area contributed by atoms with Crippen molar-refractivity contribution >= 4 is 17.4 Å². The van der Waals surface area contributed by atoms with E-state index in [9.17, 15) is 10.1 Å². The normalized spacial score (nSPS) is 11.1. The number of aromatic amines is 1. The summed E-state index contributed by atoms with van der Waals surface area (Å²) in [5.74, 6) is 0.698. The summed E-state index contributed by atoms with van der Waals surface area (Å²) < 4.78 is 0. The van der Waals surface area contributed by atoms with Crippen molar-refractivity contribution in [1.82, 2.24) is 15.2 Å². The van der Waals surface area contributed by atoms with Crippen molar-refractivity contribution < 1.29 is 4.92 Å². The zero-order valence-corrected chi connectivity index (χ0v) is 12.6. The smallest absolute Gasteiger partial charge is 0.262 e. The van der Waals surface area contributed by atoms with Crippen LogP contribution in [0.25, 0.3) is 0 Å². The van der Waals surface area contributed by atoms with Gasteiger partial charge in [0, 0.05) is 11.5 Å². The Kier molecular flexibility index (Phi) is 3.95. The molecule has 2 rings (SSSR count). The minimum Gasteiger partial charge on any atom is -0.262 e. The number of nitrogens with zero attached hydrogens (tertiary/aromatic N) is 4. The second-order valence-electron chi connectivity index (χ2n) is 5.37. The van der Waals surface area contributed by atoms with Crippen LogP contribution in [0, 0.1) is 21.4 Å². The number of aromatic nitrogens is 3. The van der Waals surface area contributed by atoms with Crippen LogP contribution >= 0.6 is 11.8 Å².